The predicted octanol–water partition coefficient (Wildman–Crippen LogP) is 3.53. The SMILES string of the molecule is O=C1CSc2ccc(C(=O)Nc3nc4ccccc4nc3N3CCCC3)cc2N1. The molecular formula is C21H19N5O2S. The van der Waals surface area contributed by atoms with Crippen LogP contribution in [0.4, 0.5) is 17.3 Å². The third kappa shape index (κ3) is 3.51. The van der Waals surface area contributed by atoms with Crippen LogP contribution in [-0.2, 0) is 4.79 Å². The summed E-state index contributed by atoms with van der Waals surface area (Å²) in [7, 11) is 0. The van der Waals surface area contributed by atoms with Gasteiger partial charge in [0.2, 0.25) is 5.91 Å². The van der Waals surface area contributed by atoms with E-state index in [1.807, 2.05) is 30.3 Å². The molecule has 1 saturated heterocycles. The van der Waals surface area contributed by atoms with Gasteiger partial charge in [-0.05, 0) is 43.2 Å². The summed E-state index contributed by atoms with van der Waals surface area (Å²) in [5, 5.41) is 5.76. The molecule has 2 N–H and O–H groups in total. The summed E-state index contributed by atoms with van der Waals surface area (Å²) in [5.41, 5.74) is 2.68. The number of carbonyl (C=O) groups excluding carboxylic acids is 2. The zero-order valence-electron chi connectivity index (χ0n) is 15.6. The van der Waals surface area contributed by atoms with Crippen LogP contribution < -0.4 is 15.5 Å². The highest BCUT2D eigenvalue weighted by atomic mass is 32.2. The molecular weight excluding hydrogens is 386 g/mol. The molecule has 29 heavy (non-hydrogen) atoms. The first-order chi connectivity index (χ1) is 14.2. The Bertz CT molecular complexity index is 1130. The van der Waals surface area contributed by atoms with E-state index < -0.39 is 0 Å². The van der Waals surface area contributed by atoms with E-state index in [-0.39, 0.29) is 11.8 Å². The zero-order valence-corrected chi connectivity index (χ0v) is 16.5. The number of anilines is 3. The topological polar surface area (TPSA) is 87.2 Å². The van der Waals surface area contributed by atoms with E-state index in [4.69, 9.17) is 4.98 Å². The lowest BCUT2D eigenvalue weighted by Crippen LogP contribution is -2.24. The molecule has 3 heterocycles. The van der Waals surface area contributed by atoms with Crippen molar-refractivity contribution in [3.8, 4) is 0 Å². The fourth-order valence-corrected chi connectivity index (χ4v) is 4.42. The van der Waals surface area contributed by atoms with Crippen LogP contribution in [0.15, 0.2) is 47.4 Å². The van der Waals surface area contributed by atoms with Crippen LogP contribution in [-0.4, -0.2) is 40.6 Å². The van der Waals surface area contributed by atoms with Crippen LogP contribution in [0.5, 0.6) is 0 Å². The van der Waals surface area contributed by atoms with E-state index in [1.165, 1.54) is 11.8 Å². The Hall–Kier alpha value is -3.13. The fourth-order valence-electron chi connectivity index (χ4n) is 3.63. The average Bonchev–Trinajstić information content (AvgIpc) is 3.27. The first-order valence-corrected chi connectivity index (χ1v) is 10.6. The molecule has 2 aliphatic heterocycles. The fraction of sp³-hybridized carbons (Fsp3) is 0.238. The highest BCUT2D eigenvalue weighted by Gasteiger charge is 2.22. The highest BCUT2D eigenvalue weighted by Crippen LogP contribution is 2.33. The maximum atomic E-state index is 13.0. The number of hydrogen-bond donors (Lipinski definition) is 2. The largest absolute Gasteiger partial charge is 0.354 e. The Balaban J connectivity index is 1.49. The number of hydrogen-bond acceptors (Lipinski definition) is 6. The van der Waals surface area contributed by atoms with Crippen LogP contribution in [0.1, 0.15) is 23.2 Å². The Labute approximate surface area is 171 Å². The molecule has 0 radical (unpaired) electrons. The Morgan fingerprint density at radius 3 is 2.62 bits per heavy atom. The van der Waals surface area contributed by atoms with Crippen molar-refractivity contribution in [3.05, 3.63) is 48.0 Å². The van der Waals surface area contributed by atoms with Gasteiger partial charge in [-0.15, -0.1) is 11.8 Å². The molecule has 2 aromatic carbocycles. The molecule has 146 valence electrons. The molecule has 5 rings (SSSR count). The summed E-state index contributed by atoms with van der Waals surface area (Å²) in [6.07, 6.45) is 2.20. The number of thioether (sulfide) groups is 1. The van der Waals surface area contributed by atoms with Gasteiger partial charge in [0, 0.05) is 23.5 Å². The molecule has 1 fully saturated rings. The van der Waals surface area contributed by atoms with Crippen LogP contribution in [0, 0.1) is 0 Å². The van der Waals surface area contributed by atoms with Gasteiger partial charge in [-0.2, -0.15) is 0 Å². The van der Waals surface area contributed by atoms with Gasteiger partial charge < -0.3 is 15.5 Å². The lowest BCUT2D eigenvalue weighted by molar-refractivity contribution is -0.113. The first kappa shape index (κ1) is 17.9. The van der Waals surface area contributed by atoms with Crippen molar-refractivity contribution in [2.24, 2.45) is 0 Å². The van der Waals surface area contributed by atoms with Gasteiger partial charge >= 0.3 is 0 Å². The summed E-state index contributed by atoms with van der Waals surface area (Å²) in [5.74, 6) is 1.23. The van der Waals surface area contributed by atoms with E-state index in [0.717, 1.165) is 41.9 Å². The van der Waals surface area contributed by atoms with Gasteiger partial charge in [-0.3, -0.25) is 9.59 Å². The van der Waals surface area contributed by atoms with Gasteiger partial charge in [0.25, 0.3) is 5.91 Å². The first-order valence-electron chi connectivity index (χ1n) is 9.57. The molecule has 0 saturated carbocycles. The van der Waals surface area contributed by atoms with Crippen molar-refractivity contribution >= 4 is 51.9 Å². The summed E-state index contributed by atoms with van der Waals surface area (Å²) in [6, 6.07) is 13.0. The number of rotatable bonds is 3. The molecule has 1 aromatic heterocycles. The highest BCUT2D eigenvalue weighted by molar-refractivity contribution is 8.00. The second-order valence-electron chi connectivity index (χ2n) is 7.08. The van der Waals surface area contributed by atoms with Crippen molar-refractivity contribution in [2.45, 2.75) is 17.7 Å². The van der Waals surface area contributed by atoms with Crippen molar-refractivity contribution < 1.29 is 9.59 Å². The third-order valence-corrected chi connectivity index (χ3v) is 6.14. The predicted molar refractivity (Wildman–Crippen MR) is 115 cm³/mol. The summed E-state index contributed by atoms with van der Waals surface area (Å²) >= 11 is 1.47. The number of para-hydroxylation sites is 2. The van der Waals surface area contributed by atoms with Gasteiger partial charge in [-0.1, -0.05) is 12.1 Å². The Morgan fingerprint density at radius 1 is 1.07 bits per heavy atom. The van der Waals surface area contributed by atoms with Crippen molar-refractivity contribution in [2.75, 3.05) is 34.4 Å². The molecule has 2 aliphatic rings. The normalized spacial score (nSPS) is 15.9. The summed E-state index contributed by atoms with van der Waals surface area (Å²) in [6.45, 7) is 1.80. The van der Waals surface area contributed by atoms with E-state index in [0.29, 0.717) is 28.6 Å². The molecule has 0 unspecified atom stereocenters. The van der Waals surface area contributed by atoms with E-state index in [9.17, 15) is 9.59 Å². The number of nitrogens with zero attached hydrogens (tertiary/aromatic N) is 3. The van der Waals surface area contributed by atoms with Gasteiger partial charge in [-0.25, -0.2) is 9.97 Å². The van der Waals surface area contributed by atoms with Crippen molar-refractivity contribution in [1.82, 2.24) is 9.97 Å². The molecule has 8 heteroatoms. The number of aromatic nitrogens is 2. The molecule has 2 amide bonds. The number of nitrogens with one attached hydrogen (secondary N) is 2. The van der Waals surface area contributed by atoms with Crippen LogP contribution in [0.3, 0.4) is 0 Å². The van der Waals surface area contributed by atoms with Crippen LogP contribution in [0.2, 0.25) is 0 Å². The standard InChI is InChI=1S/C21H19N5O2S/c27-18-12-29-17-8-7-13(11-16(17)22-18)21(28)25-19-20(26-9-3-4-10-26)24-15-6-2-1-5-14(15)23-19/h1-2,5-8,11H,3-4,9-10,12H2,(H,22,27)(H,23,25,28). The maximum Gasteiger partial charge on any atom is 0.256 e. The van der Waals surface area contributed by atoms with Crippen LogP contribution >= 0.6 is 11.8 Å². The van der Waals surface area contributed by atoms with Crippen LogP contribution in [0.25, 0.3) is 11.0 Å². The van der Waals surface area contributed by atoms with Crippen molar-refractivity contribution in [3.63, 3.8) is 0 Å². The zero-order chi connectivity index (χ0) is 19.8. The maximum absolute atomic E-state index is 13.0. The van der Waals surface area contributed by atoms with Gasteiger partial charge in [0.05, 0.1) is 22.5 Å². The number of carbonyl (C=O) groups is 2. The van der Waals surface area contributed by atoms with E-state index in [1.54, 1.807) is 12.1 Å². The molecule has 7 nitrogen and oxygen atoms in total. The van der Waals surface area contributed by atoms with E-state index >= 15 is 0 Å². The quantitative estimate of drug-likeness (QED) is 0.693. The minimum absolute atomic E-state index is 0.0585. The van der Waals surface area contributed by atoms with Crippen molar-refractivity contribution in [1.29, 1.82) is 0 Å². The minimum Gasteiger partial charge on any atom is -0.354 e. The Kier molecular flexibility index (Phi) is 4.55. The smallest absolute Gasteiger partial charge is 0.256 e. The minimum atomic E-state index is -0.275. The lowest BCUT2D eigenvalue weighted by atomic mass is 10.2. The third-order valence-electron chi connectivity index (χ3n) is 5.06. The Morgan fingerprint density at radius 2 is 1.83 bits per heavy atom. The monoisotopic (exact) mass is 405 g/mol. The summed E-state index contributed by atoms with van der Waals surface area (Å²) in [4.78, 5) is 37.2. The number of benzene rings is 2. The second-order valence-corrected chi connectivity index (χ2v) is 8.10. The van der Waals surface area contributed by atoms with E-state index in [2.05, 4.69) is 20.5 Å². The molecule has 0 spiro atoms. The lowest BCUT2D eigenvalue weighted by Gasteiger charge is -2.20. The van der Waals surface area contributed by atoms with Gasteiger partial charge in [0.15, 0.2) is 11.6 Å². The number of fused-ring (bicyclic) bond motifs is 2. The molecule has 3 aromatic rings. The number of amides is 2. The molecule has 0 aliphatic carbocycles. The molecule has 0 atom stereocenters. The second kappa shape index (κ2) is 7.36. The summed E-state index contributed by atoms with van der Waals surface area (Å²) < 4.78 is 0. The average molecular weight is 405 g/mol. The van der Waals surface area contributed by atoms with Gasteiger partial charge in [0.1, 0.15) is 0 Å². The molecule has 0 bridgehead atoms.